The Morgan fingerprint density at radius 2 is 1.72 bits per heavy atom. The number of carbonyl (C=O) groups excluding carboxylic acids is 2. The molecule has 0 amide bonds. The lowest BCUT2D eigenvalue weighted by molar-refractivity contribution is 0.0921. The van der Waals surface area contributed by atoms with Crippen LogP contribution in [0.25, 0.3) is 6.08 Å². The summed E-state index contributed by atoms with van der Waals surface area (Å²) in [6.45, 7) is -0.150. The fourth-order valence-corrected chi connectivity index (χ4v) is 3.34. The summed E-state index contributed by atoms with van der Waals surface area (Å²) < 4.78 is 21.9. The predicted molar refractivity (Wildman–Crippen MR) is 120 cm³/mol. The van der Waals surface area contributed by atoms with Crippen molar-refractivity contribution in [2.45, 2.75) is 0 Å². The van der Waals surface area contributed by atoms with Gasteiger partial charge in [-0.3, -0.25) is 9.59 Å². The first kappa shape index (κ1) is 21.5. The second-order valence-corrected chi connectivity index (χ2v) is 7.37. The van der Waals surface area contributed by atoms with Crippen molar-refractivity contribution in [3.8, 4) is 23.0 Å². The molecule has 0 fully saturated rings. The summed E-state index contributed by atoms with van der Waals surface area (Å²) >= 11 is 5.85. The van der Waals surface area contributed by atoms with Crippen molar-refractivity contribution >= 4 is 29.2 Å². The van der Waals surface area contributed by atoms with Crippen molar-refractivity contribution in [1.29, 1.82) is 0 Å². The number of carbonyl (C=O) groups is 2. The van der Waals surface area contributed by atoms with E-state index in [2.05, 4.69) is 0 Å². The second kappa shape index (κ2) is 9.16. The Balaban J connectivity index is 1.48. The summed E-state index contributed by atoms with van der Waals surface area (Å²) in [5.41, 5.74) is 1.65. The van der Waals surface area contributed by atoms with Gasteiger partial charge in [0, 0.05) is 16.7 Å². The van der Waals surface area contributed by atoms with Gasteiger partial charge in [0.15, 0.2) is 29.6 Å². The maximum absolute atomic E-state index is 12.7. The van der Waals surface area contributed by atoms with Crippen LogP contribution < -0.4 is 18.9 Å². The minimum absolute atomic E-state index is 0.150. The van der Waals surface area contributed by atoms with Crippen LogP contribution in [0, 0.1) is 0 Å². The maximum Gasteiger partial charge on any atom is 0.231 e. The molecule has 1 aliphatic heterocycles. The molecule has 4 rings (SSSR count). The Morgan fingerprint density at radius 1 is 0.969 bits per heavy atom. The van der Waals surface area contributed by atoms with Crippen LogP contribution in [0.3, 0.4) is 0 Å². The molecular formula is C25H19ClO6. The molecule has 3 aromatic carbocycles. The van der Waals surface area contributed by atoms with Crippen LogP contribution in [0.5, 0.6) is 23.0 Å². The van der Waals surface area contributed by atoms with E-state index in [9.17, 15) is 9.59 Å². The van der Waals surface area contributed by atoms with Gasteiger partial charge >= 0.3 is 0 Å². The SMILES string of the molecule is COc1ccc(C=C2Oc3cc(OCC(=O)c4ccc(Cl)cc4)ccc3C2=O)cc1OC. The summed E-state index contributed by atoms with van der Waals surface area (Å²) in [5, 5.41) is 0.555. The highest BCUT2D eigenvalue weighted by Crippen LogP contribution is 2.36. The lowest BCUT2D eigenvalue weighted by Gasteiger charge is -2.08. The third kappa shape index (κ3) is 4.45. The average Bonchev–Trinajstić information content (AvgIpc) is 3.12. The van der Waals surface area contributed by atoms with Crippen molar-refractivity contribution in [2.24, 2.45) is 0 Å². The van der Waals surface area contributed by atoms with E-state index in [1.807, 2.05) is 0 Å². The Kier molecular flexibility index (Phi) is 6.14. The zero-order chi connectivity index (χ0) is 22.7. The monoisotopic (exact) mass is 450 g/mol. The first-order valence-electron chi connectivity index (χ1n) is 9.70. The van der Waals surface area contributed by atoms with E-state index in [1.54, 1.807) is 81.0 Å². The topological polar surface area (TPSA) is 71.1 Å². The highest BCUT2D eigenvalue weighted by atomic mass is 35.5. The molecule has 1 heterocycles. The van der Waals surface area contributed by atoms with E-state index in [0.29, 0.717) is 39.1 Å². The Bertz CT molecular complexity index is 1210. The normalized spacial score (nSPS) is 13.5. The van der Waals surface area contributed by atoms with Crippen molar-refractivity contribution < 1.29 is 28.5 Å². The largest absolute Gasteiger partial charge is 0.493 e. The predicted octanol–water partition coefficient (Wildman–Crippen LogP) is 5.24. The van der Waals surface area contributed by atoms with Crippen molar-refractivity contribution in [3.63, 3.8) is 0 Å². The third-order valence-corrected chi connectivity index (χ3v) is 5.13. The van der Waals surface area contributed by atoms with Gasteiger partial charge < -0.3 is 18.9 Å². The number of hydrogen-bond donors (Lipinski definition) is 0. The van der Waals surface area contributed by atoms with Gasteiger partial charge in [0.25, 0.3) is 0 Å². The summed E-state index contributed by atoms with van der Waals surface area (Å²) in [5.74, 6) is 1.69. The van der Waals surface area contributed by atoms with Gasteiger partial charge in [0.2, 0.25) is 5.78 Å². The standard InChI is InChI=1S/C25H19ClO6/c1-29-21-10-3-15(11-23(21)30-2)12-24-25(28)19-9-8-18(13-22(19)32-24)31-14-20(27)16-4-6-17(26)7-5-16/h3-13H,14H2,1-2H3. The summed E-state index contributed by atoms with van der Waals surface area (Å²) in [7, 11) is 3.10. The smallest absolute Gasteiger partial charge is 0.231 e. The van der Waals surface area contributed by atoms with Gasteiger partial charge in [0.1, 0.15) is 11.5 Å². The van der Waals surface area contributed by atoms with E-state index in [-0.39, 0.29) is 23.9 Å². The Hall–Kier alpha value is -3.77. The summed E-state index contributed by atoms with van der Waals surface area (Å²) in [4.78, 5) is 25.0. The van der Waals surface area contributed by atoms with Crippen LogP contribution in [0.15, 0.2) is 66.4 Å². The molecule has 0 saturated carbocycles. The van der Waals surface area contributed by atoms with Gasteiger partial charge in [-0.15, -0.1) is 0 Å². The second-order valence-electron chi connectivity index (χ2n) is 6.93. The summed E-state index contributed by atoms with van der Waals surface area (Å²) in [6, 6.07) is 16.7. The molecule has 162 valence electrons. The van der Waals surface area contributed by atoms with Crippen molar-refractivity contribution in [2.75, 3.05) is 20.8 Å². The Morgan fingerprint density at radius 3 is 2.44 bits per heavy atom. The molecule has 0 atom stereocenters. The van der Waals surface area contributed by atoms with E-state index in [0.717, 1.165) is 5.56 Å². The molecule has 7 heteroatoms. The highest BCUT2D eigenvalue weighted by Gasteiger charge is 2.28. The van der Waals surface area contributed by atoms with Gasteiger partial charge in [-0.05, 0) is 60.2 Å². The van der Waals surface area contributed by atoms with Crippen molar-refractivity contribution in [3.05, 3.63) is 88.1 Å². The van der Waals surface area contributed by atoms with E-state index >= 15 is 0 Å². The molecule has 0 radical (unpaired) electrons. The minimum atomic E-state index is -0.237. The van der Waals surface area contributed by atoms with E-state index in [4.69, 9.17) is 30.5 Å². The molecular weight excluding hydrogens is 432 g/mol. The number of ether oxygens (including phenoxy) is 4. The number of allylic oxidation sites excluding steroid dienone is 1. The van der Waals surface area contributed by atoms with Gasteiger partial charge in [0.05, 0.1) is 19.8 Å². The van der Waals surface area contributed by atoms with Crippen LogP contribution in [0.2, 0.25) is 5.02 Å². The third-order valence-electron chi connectivity index (χ3n) is 4.88. The van der Waals surface area contributed by atoms with Crippen LogP contribution in [-0.2, 0) is 0 Å². The molecule has 0 bridgehead atoms. The molecule has 3 aromatic rings. The molecule has 0 spiro atoms. The summed E-state index contributed by atoms with van der Waals surface area (Å²) in [6.07, 6.45) is 1.63. The molecule has 0 aliphatic carbocycles. The average molecular weight is 451 g/mol. The lowest BCUT2D eigenvalue weighted by atomic mass is 10.1. The van der Waals surface area contributed by atoms with Gasteiger partial charge in [-0.25, -0.2) is 0 Å². The first-order valence-corrected chi connectivity index (χ1v) is 10.1. The molecule has 1 aliphatic rings. The Labute approximate surface area is 189 Å². The zero-order valence-corrected chi connectivity index (χ0v) is 18.1. The fourth-order valence-electron chi connectivity index (χ4n) is 3.22. The van der Waals surface area contributed by atoms with Crippen LogP contribution in [-0.4, -0.2) is 32.4 Å². The number of fused-ring (bicyclic) bond motifs is 1. The molecule has 0 aromatic heterocycles. The molecule has 0 saturated heterocycles. The highest BCUT2D eigenvalue weighted by molar-refractivity contribution is 6.30. The number of ketones is 2. The lowest BCUT2D eigenvalue weighted by Crippen LogP contribution is -2.11. The molecule has 0 N–H and O–H groups in total. The van der Waals surface area contributed by atoms with E-state index in [1.165, 1.54) is 0 Å². The van der Waals surface area contributed by atoms with Gasteiger partial charge in [-0.1, -0.05) is 17.7 Å². The number of hydrogen-bond acceptors (Lipinski definition) is 6. The van der Waals surface area contributed by atoms with Crippen molar-refractivity contribution in [1.82, 2.24) is 0 Å². The number of benzene rings is 3. The van der Waals surface area contributed by atoms with Crippen LogP contribution in [0.4, 0.5) is 0 Å². The molecule has 32 heavy (non-hydrogen) atoms. The van der Waals surface area contributed by atoms with E-state index < -0.39 is 0 Å². The van der Waals surface area contributed by atoms with Gasteiger partial charge in [-0.2, -0.15) is 0 Å². The first-order chi connectivity index (χ1) is 15.5. The zero-order valence-electron chi connectivity index (χ0n) is 17.4. The molecule has 0 unspecified atom stereocenters. The number of halogens is 1. The quantitative estimate of drug-likeness (QED) is 0.362. The molecule has 6 nitrogen and oxygen atoms in total. The maximum atomic E-state index is 12.7. The fraction of sp³-hybridized carbons (Fsp3) is 0.120. The number of Topliss-reactive ketones (excluding diaryl/α,β-unsaturated/α-hetero) is 2. The number of methoxy groups -OCH3 is 2. The van der Waals surface area contributed by atoms with Crippen LogP contribution in [0.1, 0.15) is 26.3 Å². The minimum Gasteiger partial charge on any atom is -0.493 e. The van der Waals surface area contributed by atoms with Crippen LogP contribution >= 0.6 is 11.6 Å². The number of rotatable bonds is 7.